The van der Waals surface area contributed by atoms with Gasteiger partial charge in [0.2, 0.25) is 0 Å². The van der Waals surface area contributed by atoms with Crippen LogP contribution in [-0.2, 0) is 0 Å². The predicted octanol–water partition coefficient (Wildman–Crippen LogP) is 2.17. The molecule has 0 saturated heterocycles. The lowest BCUT2D eigenvalue weighted by molar-refractivity contribution is 0.0910. The van der Waals surface area contributed by atoms with Gasteiger partial charge in [0.25, 0.3) is 0 Å². The molecule has 0 aliphatic heterocycles. The quantitative estimate of drug-likeness (QED) is 0.797. The van der Waals surface area contributed by atoms with E-state index in [1.165, 1.54) is 5.56 Å². The maximum Gasteiger partial charge on any atom is 0.137 e. The van der Waals surface area contributed by atoms with Crippen molar-refractivity contribution in [2.24, 2.45) is 5.73 Å². The van der Waals surface area contributed by atoms with Crippen LogP contribution < -0.4 is 10.5 Å². The Kier molecular flexibility index (Phi) is 5.45. The number of ether oxygens (including phenoxy) is 1. The topological polar surface area (TPSA) is 55.5 Å². The van der Waals surface area contributed by atoms with Crippen LogP contribution in [-0.4, -0.2) is 23.9 Å². The van der Waals surface area contributed by atoms with E-state index in [9.17, 15) is 5.11 Å². The van der Waals surface area contributed by atoms with E-state index in [0.717, 1.165) is 24.2 Å². The van der Waals surface area contributed by atoms with Crippen molar-refractivity contribution in [1.29, 1.82) is 0 Å². The Morgan fingerprint density at radius 3 is 2.59 bits per heavy atom. The molecule has 2 unspecified atom stereocenters. The minimum atomic E-state index is -0.323. The summed E-state index contributed by atoms with van der Waals surface area (Å²) in [5, 5.41) is 9.32. The highest BCUT2D eigenvalue weighted by Crippen LogP contribution is 2.21. The number of aryl methyl sites for hydroxylation is 2. The molecule has 96 valence electrons. The van der Waals surface area contributed by atoms with Crippen LogP contribution in [0.1, 0.15) is 30.9 Å². The van der Waals surface area contributed by atoms with Crippen molar-refractivity contribution in [2.45, 2.75) is 45.8 Å². The number of hydrogen-bond donors (Lipinski definition) is 2. The SMILES string of the molecule is CCCC(N)C(CO)Oc1ccc(C)cc1C. The van der Waals surface area contributed by atoms with Crippen LogP contribution in [0.2, 0.25) is 0 Å². The summed E-state index contributed by atoms with van der Waals surface area (Å²) in [4.78, 5) is 0. The van der Waals surface area contributed by atoms with Crippen LogP contribution in [0.4, 0.5) is 0 Å². The first-order chi connectivity index (χ1) is 8.08. The zero-order valence-electron chi connectivity index (χ0n) is 10.9. The fourth-order valence-electron chi connectivity index (χ4n) is 1.87. The largest absolute Gasteiger partial charge is 0.486 e. The van der Waals surface area contributed by atoms with E-state index < -0.39 is 0 Å². The van der Waals surface area contributed by atoms with Gasteiger partial charge in [-0.15, -0.1) is 0 Å². The average molecular weight is 237 g/mol. The molecule has 0 aromatic heterocycles. The van der Waals surface area contributed by atoms with E-state index >= 15 is 0 Å². The summed E-state index contributed by atoms with van der Waals surface area (Å²) in [6, 6.07) is 5.88. The lowest BCUT2D eigenvalue weighted by Crippen LogP contribution is -2.41. The highest BCUT2D eigenvalue weighted by Gasteiger charge is 2.18. The molecule has 0 saturated carbocycles. The number of aliphatic hydroxyl groups is 1. The normalized spacial score (nSPS) is 14.4. The lowest BCUT2D eigenvalue weighted by Gasteiger charge is -2.24. The van der Waals surface area contributed by atoms with Crippen molar-refractivity contribution >= 4 is 0 Å². The van der Waals surface area contributed by atoms with Gasteiger partial charge < -0.3 is 15.6 Å². The molecule has 3 nitrogen and oxygen atoms in total. The molecule has 0 bridgehead atoms. The number of hydrogen-bond acceptors (Lipinski definition) is 3. The van der Waals surface area contributed by atoms with Crippen molar-refractivity contribution in [2.75, 3.05) is 6.61 Å². The highest BCUT2D eigenvalue weighted by molar-refractivity contribution is 5.35. The lowest BCUT2D eigenvalue weighted by atomic mass is 10.1. The molecule has 3 heteroatoms. The Hall–Kier alpha value is -1.06. The van der Waals surface area contributed by atoms with Crippen LogP contribution in [0.5, 0.6) is 5.75 Å². The van der Waals surface area contributed by atoms with E-state index in [1.54, 1.807) is 0 Å². The van der Waals surface area contributed by atoms with Gasteiger partial charge in [-0.3, -0.25) is 0 Å². The van der Waals surface area contributed by atoms with Gasteiger partial charge >= 0.3 is 0 Å². The Morgan fingerprint density at radius 1 is 1.35 bits per heavy atom. The molecule has 0 fully saturated rings. The van der Waals surface area contributed by atoms with E-state index in [-0.39, 0.29) is 18.8 Å². The number of rotatable bonds is 6. The monoisotopic (exact) mass is 237 g/mol. The molecule has 0 spiro atoms. The van der Waals surface area contributed by atoms with Crippen molar-refractivity contribution in [1.82, 2.24) is 0 Å². The van der Waals surface area contributed by atoms with Crippen LogP contribution >= 0.6 is 0 Å². The minimum absolute atomic E-state index is 0.0471. The first kappa shape index (κ1) is 14.0. The van der Waals surface area contributed by atoms with E-state index in [1.807, 2.05) is 26.0 Å². The third kappa shape index (κ3) is 4.02. The Bertz CT molecular complexity index is 352. The zero-order chi connectivity index (χ0) is 12.8. The van der Waals surface area contributed by atoms with Gasteiger partial charge in [-0.2, -0.15) is 0 Å². The molecule has 1 aromatic carbocycles. The maximum absolute atomic E-state index is 9.32. The van der Waals surface area contributed by atoms with Crippen LogP contribution in [0.25, 0.3) is 0 Å². The average Bonchev–Trinajstić information content (AvgIpc) is 2.28. The first-order valence-electron chi connectivity index (χ1n) is 6.18. The molecule has 0 aliphatic carbocycles. The molecule has 0 radical (unpaired) electrons. The van der Waals surface area contributed by atoms with Gasteiger partial charge in [0.05, 0.1) is 6.61 Å². The molecule has 1 rings (SSSR count). The molecule has 0 aliphatic rings. The second-order valence-electron chi connectivity index (χ2n) is 4.56. The van der Waals surface area contributed by atoms with E-state index in [0.29, 0.717) is 0 Å². The molecular formula is C14H23NO2. The maximum atomic E-state index is 9.32. The van der Waals surface area contributed by atoms with E-state index in [4.69, 9.17) is 10.5 Å². The zero-order valence-corrected chi connectivity index (χ0v) is 10.9. The summed E-state index contributed by atoms with van der Waals surface area (Å²) in [5.74, 6) is 0.807. The smallest absolute Gasteiger partial charge is 0.137 e. The third-order valence-electron chi connectivity index (χ3n) is 2.89. The summed E-state index contributed by atoms with van der Waals surface area (Å²) < 4.78 is 5.79. The first-order valence-corrected chi connectivity index (χ1v) is 6.18. The Morgan fingerprint density at radius 2 is 2.06 bits per heavy atom. The minimum Gasteiger partial charge on any atom is -0.486 e. The molecule has 1 aromatic rings. The van der Waals surface area contributed by atoms with Crippen LogP contribution in [0, 0.1) is 13.8 Å². The summed E-state index contributed by atoms with van der Waals surface area (Å²) in [6.45, 7) is 6.07. The van der Waals surface area contributed by atoms with Gasteiger partial charge in [-0.05, 0) is 31.9 Å². The summed E-state index contributed by atoms with van der Waals surface area (Å²) in [7, 11) is 0. The van der Waals surface area contributed by atoms with Crippen LogP contribution in [0.15, 0.2) is 18.2 Å². The van der Waals surface area contributed by atoms with Crippen LogP contribution in [0.3, 0.4) is 0 Å². The standard InChI is InChI=1S/C14H23NO2/c1-4-5-12(15)14(9-16)17-13-7-6-10(2)8-11(13)3/h6-8,12,14,16H,4-5,9,15H2,1-3H3. The molecule has 3 N–H and O–H groups in total. The molecule has 2 atom stereocenters. The summed E-state index contributed by atoms with van der Waals surface area (Å²) in [5.41, 5.74) is 8.26. The Balaban J connectivity index is 2.73. The van der Waals surface area contributed by atoms with Gasteiger partial charge in [0, 0.05) is 6.04 Å². The van der Waals surface area contributed by atoms with E-state index in [2.05, 4.69) is 13.0 Å². The third-order valence-corrected chi connectivity index (χ3v) is 2.89. The highest BCUT2D eigenvalue weighted by atomic mass is 16.5. The van der Waals surface area contributed by atoms with Gasteiger partial charge in [-0.25, -0.2) is 0 Å². The van der Waals surface area contributed by atoms with Gasteiger partial charge in [0.15, 0.2) is 0 Å². The van der Waals surface area contributed by atoms with Crippen molar-refractivity contribution in [3.8, 4) is 5.75 Å². The van der Waals surface area contributed by atoms with Gasteiger partial charge in [-0.1, -0.05) is 31.0 Å². The second-order valence-corrected chi connectivity index (χ2v) is 4.56. The number of aliphatic hydroxyl groups excluding tert-OH is 1. The second kappa shape index (κ2) is 6.62. The number of nitrogens with two attached hydrogens (primary N) is 1. The van der Waals surface area contributed by atoms with Crippen molar-refractivity contribution in [3.63, 3.8) is 0 Å². The summed E-state index contributed by atoms with van der Waals surface area (Å²) in [6.07, 6.45) is 1.53. The molecule has 17 heavy (non-hydrogen) atoms. The van der Waals surface area contributed by atoms with Crippen molar-refractivity contribution < 1.29 is 9.84 Å². The fourth-order valence-corrected chi connectivity index (χ4v) is 1.87. The number of benzene rings is 1. The fraction of sp³-hybridized carbons (Fsp3) is 0.571. The predicted molar refractivity (Wildman–Crippen MR) is 70.3 cm³/mol. The Labute approximate surface area is 104 Å². The summed E-state index contributed by atoms with van der Waals surface area (Å²) >= 11 is 0. The van der Waals surface area contributed by atoms with Crippen molar-refractivity contribution in [3.05, 3.63) is 29.3 Å². The van der Waals surface area contributed by atoms with Gasteiger partial charge in [0.1, 0.15) is 11.9 Å². The molecule has 0 amide bonds. The molecular weight excluding hydrogens is 214 g/mol. The molecule has 0 heterocycles.